The van der Waals surface area contributed by atoms with Gasteiger partial charge in [-0.3, -0.25) is 4.79 Å². The molecule has 0 saturated carbocycles. The van der Waals surface area contributed by atoms with E-state index in [9.17, 15) is 4.79 Å². The third kappa shape index (κ3) is 4.08. The first-order valence-corrected chi connectivity index (χ1v) is 5.75. The molecular formula is C13H14BrNO. The highest BCUT2D eigenvalue weighted by molar-refractivity contribution is 9.10. The highest BCUT2D eigenvalue weighted by atomic mass is 79.9. The minimum absolute atomic E-state index is 0.0646. The lowest BCUT2D eigenvalue weighted by Crippen LogP contribution is -2.42. The number of hydrogen-bond donors (Lipinski definition) is 1. The van der Waals surface area contributed by atoms with Gasteiger partial charge < -0.3 is 5.32 Å². The zero-order chi connectivity index (χ0) is 12.2. The van der Waals surface area contributed by atoms with Crippen LogP contribution in [0.2, 0.25) is 0 Å². The molecular weight excluding hydrogens is 266 g/mol. The van der Waals surface area contributed by atoms with Crippen molar-refractivity contribution in [1.29, 1.82) is 0 Å². The number of nitrogens with one attached hydrogen (secondary N) is 1. The molecule has 2 nitrogen and oxygen atoms in total. The topological polar surface area (TPSA) is 29.1 Å². The molecule has 1 N–H and O–H groups in total. The van der Waals surface area contributed by atoms with Crippen LogP contribution in [0.15, 0.2) is 28.7 Å². The normalized spacial score (nSPS) is 10.6. The summed E-state index contributed by atoms with van der Waals surface area (Å²) in [6, 6.07) is 7.64. The van der Waals surface area contributed by atoms with Gasteiger partial charge in [-0.15, -0.1) is 6.42 Å². The van der Waals surface area contributed by atoms with Gasteiger partial charge in [-0.2, -0.15) is 0 Å². The molecule has 1 aromatic rings. The number of carbonyl (C=O) groups excluding carboxylic acids is 1. The number of carbonyl (C=O) groups is 1. The first-order chi connectivity index (χ1) is 7.43. The van der Waals surface area contributed by atoms with Crippen molar-refractivity contribution in [3.05, 3.63) is 34.3 Å². The van der Waals surface area contributed by atoms with E-state index in [1.165, 1.54) is 0 Å². The lowest BCUT2D eigenvalue weighted by atomic mass is 10.1. The minimum Gasteiger partial charge on any atom is -0.340 e. The van der Waals surface area contributed by atoms with E-state index in [-0.39, 0.29) is 5.91 Å². The van der Waals surface area contributed by atoms with Crippen LogP contribution in [0.3, 0.4) is 0 Å². The zero-order valence-corrected chi connectivity index (χ0v) is 11.0. The Hall–Kier alpha value is -1.27. The van der Waals surface area contributed by atoms with Gasteiger partial charge in [0.25, 0.3) is 0 Å². The number of rotatable bonds is 3. The van der Waals surface area contributed by atoms with Crippen molar-refractivity contribution in [3.8, 4) is 12.3 Å². The first-order valence-electron chi connectivity index (χ1n) is 4.96. The second-order valence-electron chi connectivity index (χ2n) is 4.12. The molecule has 0 fully saturated rings. The summed E-state index contributed by atoms with van der Waals surface area (Å²) in [4.78, 5) is 11.7. The van der Waals surface area contributed by atoms with Crippen molar-refractivity contribution in [3.63, 3.8) is 0 Å². The molecule has 0 aliphatic carbocycles. The van der Waals surface area contributed by atoms with Gasteiger partial charge in [0.1, 0.15) is 0 Å². The van der Waals surface area contributed by atoms with Gasteiger partial charge in [0.05, 0.1) is 12.0 Å². The van der Waals surface area contributed by atoms with E-state index in [1.807, 2.05) is 24.3 Å². The molecule has 1 aromatic carbocycles. The van der Waals surface area contributed by atoms with Crippen LogP contribution in [0.4, 0.5) is 0 Å². The van der Waals surface area contributed by atoms with Gasteiger partial charge in [-0.05, 0) is 31.5 Å². The molecule has 1 amide bonds. The fourth-order valence-electron chi connectivity index (χ4n) is 1.22. The quantitative estimate of drug-likeness (QED) is 0.847. The van der Waals surface area contributed by atoms with Crippen LogP contribution in [-0.4, -0.2) is 11.4 Å². The third-order valence-electron chi connectivity index (χ3n) is 2.09. The Bertz CT molecular complexity index is 415. The Morgan fingerprint density at radius 2 is 2.00 bits per heavy atom. The molecule has 0 saturated heterocycles. The first kappa shape index (κ1) is 12.8. The number of hydrogen-bond acceptors (Lipinski definition) is 1. The molecule has 0 aliphatic heterocycles. The average Bonchev–Trinajstić information content (AvgIpc) is 2.21. The van der Waals surface area contributed by atoms with Gasteiger partial charge in [0.15, 0.2) is 0 Å². The summed E-state index contributed by atoms with van der Waals surface area (Å²) in [5, 5.41) is 2.78. The van der Waals surface area contributed by atoms with Crippen LogP contribution < -0.4 is 5.32 Å². The smallest absolute Gasteiger partial charge is 0.225 e. The van der Waals surface area contributed by atoms with Crippen molar-refractivity contribution in [2.75, 3.05) is 0 Å². The van der Waals surface area contributed by atoms with E-state index in [2.05, 4.69) is 27.2 Å². The Balaban J connectivity index is 2.59. The van der Waals surface area contributed by atoms with Crippen LogP contribution in [0.5, 0.6) is 0 Å². The molecule has 0 spiro atoms. The largest absolute Gasteiger partial charge is 0.340 e. The van der Waals surface area contributed by atoms with E-state index in [4.69, 9.17) is 6.42 Å². The maximum Gasteiger partial charge on any atom is 0.225 e. The van der Waals surface area contributed by atoms with Crippen molar-refractivity contribution < 1.29 is 4.79 Å². The van der Waals surface area contributed by atoms with Crippen molar-refractivity contribution in [1.82, 2.24) is 5.32 Å². The second kappa shape index (κ2) is 5.18. The fraction of sp³-hybridized carbons (Fsp3) is 0.308. The van der Waals surface area contributed by atoms with Crippen LogP contribution in [-0.2, 0) is 11.2 Å². The Labute approximate surface area is 105 Å². The summed E-state index contributed by atoms with van der Waals surface area (Å²) in [6.45, 7) is 3.60. The fourth-order valence-corrected chi connectivity index (χ4v) is 1.48. The maximum absolute atomic E-state index is 11.7. The Morgan fingerprint density at radius 1 is 1.44 bits per heavy atom. The molecule has 0 heterocycles. The molecule has 0 aliphatic rings. The summed E-state index contributed by atoms with van der Waals surface area (Å²) in [5.41, 5.74) is 0.375. The molecule has 0 aromatic heterocycles. The van der Waals surface area contributed by atoms with Gasteiger partial charge >= 0.3 is 0 Å². The van der Waals surface area contributed by atoms with Gasteiger partial charge in [0.2, 0.25) is 5.91 Å². The summed E-state index contributed by atoms with van der Waals surface area (Å²) in [6.07, 6.45) is 5.64. The highest BCUT2D eigenvalue weighted by Crippen LogP contribution is 2.11. The predicted molar refractivity (Wildman–Crippen MR) is 68.9 cm³/mol. The number of terminal acetylenes is 1. The van der Waals surface area contributed by atoms with Crippen molar-refractivity contribution in [2.45, 2.75) is 25.8 Å². The van der Waals surface area contributed by atoms with Crippen LogP contribution in [0.1, 0.15) is 19.4 Å². The summed E-state index contributed by atoms with van der Waals surface area (Å²) >= 11 is 3.34. The maximum atomic E-state index is 11.7. The lowest BCUT2D eigenvalue weighted by Gasteiger charge is -2.19. The molecule has 0 unspecified atom stereocenters. The SMILES string of the molecule is C#CC(C)(C)NC(=O)Cc1ccc(Br)cc1. The molecule has 16 heavy (non-hydrogen) atoms. The van der Waals surface area contributed by atoms with Crippen molar-refractivity contribution in [2.24, 2.45) is 0 Å². The van der Waals surface area contributed by atoms with Crippen LogP contribution in [0, 0.1) is 12.3 Å². The molecule has 0 radical (unpaired) electrons. The molecule has 0 atom stereocenters. The minimum atomic E-state index is -0.591. The molecule has 0 bridgehead atoms. The van der Waals surface area contributed by atoms with Crippen molar-refractivity contribution >= 4 is 21.8 Å². The molecule has 1 rings (SSSR count). The van der Waals surface area contributed by atoms with Gasteiger partial charge in [-0.25, -0.2) is 0 Å². The van der Waals surface area contributed by atoms with E-state index < -0.39 is 5.54 Å². The third-order valence-corrected chi connectivity index (χ3v) is 2.62. The zero-order valence-electron chi connectivity index (χ0n) is 9.38. The second-order valence-corrected chi connectivity index (χ2v) is 5.04. The summed E-state index contributed by atoms with van der Waals surface area (Å²) < 4.78 is 1.00. The van der Waals surface area contributed by atoms with E-state index in [0.29, 0.717) is 6.42 Å². The number of halogens is 1. The van der Waals surface area contributed by atoms with E-state index in [0.717, 1.165) is 10.0 Å². The van der Waals surface area contributed by atoms with E-state index in [1.54, 1.807) is 13.8 Å². The molecule has 84 valence electrons. The Kier molecular flexibility index (Phi) is 4.14. The number of amides is 1. The molecule has 3 heteroatoms. The monoisotopic (exact) mass is 279 g/mol. The Morgan fingerprint density at radius 3 is 2.50 bits per heavy atom. The van der Waals surface area contributed by atoms with Crippen LogP contribution >= 0.6 is 15.9 Å². The standard InChI is InChI=1S/C13H14BrNO/c1-4-13(2,3)15-12(16)9-10-5-7-11(14)8-6-10/h1,5-8H,9H2,2-3H3,(H,15,16). The average molecular weight is 280 g/mol. The van der Waals surface area contributed by atoms with Gasteiger partial charge in [-0.1, -0.05) is 34.0 Å². The summed E-state index contributed by atoms with van der Waals surface area (Å²) in [5.74, 6) is 2.46. The van der Waals surface area contributed by atoms with Crippen LogP contribution in [0.25, 0.3) is 0 Å². The predicted octanol–water partition coefficient (Wildman–Crippen LogP) is 2.52. The lowest BCUT2D eigenvalue weighted by molar-refractivity contribution is -0.121. The highest BCUT2D eigenvalue weighted by Gasteiger charge is 2.16. The van der Waals surface area contributed by atoms with E-state index >= 15 is 0 Å². The van der Waals surface area contributed by atoms with Gasteiger partial charge in [0, 0.05) is 4.47 Å². The summed E-state index contributed by atoms with van der Waals surface area (Å²) in [7, 11) is 0. The number of benzene rings is 1.